The van der Waals surface area contributed by atoms with Crippen LogP contribution in [-0.4, -0.2) is 30.2 Å². The smallest absolute Gasteiger partial charge is 0.385 e. The predicted octanol–water partition coefficient (Wildman–Crippen LogP) is 2.60. The maximum atomic E-state index is 12.4. The maximum absolute atomic E-state index is 12.4. The molecular weight excluding hydrogens is 259 g/mol. The van der Waals surface area contributed by atoms with Gasteiger partial charge in [0.25, 0.3) is 0 Å². The van der Waals surface area contributed by atoms with E-state index in [1.165, 1.54) is 0 Å². The highest BCUT2D eigenvalue weighted by molar-refractivity contribution is 6.28. The second-order valence-corrected chi connectivity index (χ2v) is 3.52. The fourth-order valence-corrected chi connectivity index (χ4v) is 1.27. The summed E-state index contributed by atoms with van der Waals surface area (Å²) in [5.74, 6) is 0.0495. The summed E-state index contributed by atoms with van der Waals surface area (Å²) in [5.41, 5.74) is -1.06. The number of rotatable bonds is 5. The number of nitrogens with zero attached hydrogens (tertiary/aromatic N) is 2. The third kappa shape index (κ3) is 4.74. The zero-order valence-corrected chi connectivity index (χ0v) is 9.77. The largest absolute Gasteiger partial charge is 0.433 e. The first kappa shape index (κ1) is 14.0. The molecule has 0 spiro atoms. The molecular formula is C9H11ClF3N3O. The normalized spacial score (nSPS) is 11.6. The molecule has 0 saturated heterocycles. The van der Waals surface area contributed by atoms with Gasteiger partial charge in [-0.25, -0.2) is 9.97 Å². The minimum Gasteiger partial charge on any atom is -0.385 e. The van der Waals surface area contributed by atoms with Gasteiger partial charge in [-0.2, -0.15) is 13.2 Å². The zero-order chi connectivity index (χ0) is 12.9. The predicted molar refractivity (Wildman–Crippen MR) is 57.0 cm³/mol. The minimum atomic E-state index is -4.53. The Kier molecular flexibility index (Phi) is 4.95. The van der Waals surface area contributed by atoms with E-state index in [0.717, 1.165) is 6.07 Å². The lowest BCUT2D eigenvalue weighted by atomic mass is 10.3. The molecule has 0 aromatic carbocycles. The van der Waals surface area contributed by atoms with Gasteiger partial charge >= 0.3 is 6.18 Å². The van der Waals surface area contributed by atoms with Crippen LogP contribution >= 0.6 is 11.6 Å². The van der Waals surface area contributed by atoms with Crippen molar-refractivity contribution in [3.63, 3.8) is 0 Å². The minimum absolute atomic E-state index is 0.0495. The Morgan fingerprint density at radius 3 is 2.71 bits per heavy atom. The number of aromatic nitrogens is 2. The molecule has 0 amide bonds. The summed E-state index contributed by atoms with van der Waals surface area (Å²) in [6, 6.07) is 0.818. The molecule has 0 bridgehead atoms. The van der Waals surface area contributed by atoms with E-state index in [2.05, 4.69) is 15.3 Å². The van der Waals surface area contributed by atoms with Crippen molar-refractivity contribution >= 4 is 17.4 Å². The highest BCUT2D eigenvalue weighted by atomic mass is 35.5. The molecule has 0 radical (unpaired) electrons. The summed E-state index contributed by atoms with van der Waals surface area (Å²) in [5, 5.41) is 2.28. The maximum Gasteiger partial charge on any atom is 0.433 e. The Hall–Kier alpha value is -1.08. The number of hydrogen-bond acceptors (Lipinski definition) is 4. The van der Waals surface area contributed by atoms with Crippen LogP contribution in [0.25, 0.3) is 0 Å². The van der Waals surface area contributed by atoms with E-state index in [1.54, 1.807) is 7.11 Å². The highest BCUT2D eigenvalue weighted by Crippen LogP contribution is 2.29. The van der Waals surface area contributed by atoms with Gasteiger partial charge in [0.05, 0.1) is 0 Å². The van der Waals surface area contributed by atoms with E-state index in [9.17, 15) is 13.2 Å². The SMILES string of the molecule is COCCCNc1cc(C(F)(F)F)nc(Cl)n1. The summed E-state index contributed by atoms with van der Waals surface area (Å²) in [6.45, 7) is 0.955. The molecule has 0 aliphatic carbocycles. The fourth-order valence-electron chi connectivity index (χ4n) is 1.09. The third-order valence-electron chi connectivity index (χ3n) is 1.82. The molecule has 0 atom stereocenters. The average molecular weight is 270 g/mol. The van der Waals surface area contributed by atoms with Crippen LogP contribution in [0.1, 0.15) is 12.1 Å². The molecule has 17 heavy (non-hydrogen) atoms. The van der Waals surface area contributed by atoms with Crippen molar-refractivity contribution in [2.45, 2.75) is 12.6 Å². The number of anilines is 1. The molecule has 1 aromatic heterocycles. The summed E-state index contributed by atoms with van der Waals surface area (Å²) >= 11 is 5.41. The van der Waals surface area contributed by atoms with Gasteiger partial charge in [0.2, 0.25) is 5.28 Å². The molecule has 96 valence electrons. The van der Waals surface area contributed by atoms with Gasteiger partial charge < -0.3 is 10.1 Å². The lowest BCUT2D eigenvalue weighted by molar-refractivity contribution is -0.141. The van der Waals surface area contributed by atoms with Crippen LogP contribution in [-0.2, 0) is 10.9 Å². The summed E-state index contributed by atoms with van der Waals surface area (Å²) in [7, 11) is 1.54. The second-order valence-electron chi connectivity index (χ2n) is 3.18. The van der Waals surface area contributed by atoms with E-state index in [1.807, 2.05) is 0 Å². The average Bonchev–Trinajstić information content (AvgIpc) is 2.22. The van der Waals surface area contributed by atoms with E-state index in [0.29, 0.717) is 19.6 Å². The molecule has 8 heteroatoms. The Morgan fingerprint density at radius 1 is 1.41 bits per heavy atom. The Labute approximate surface area is 101 Å². The van der Waals surface area contributed by atoms with Crippen molar-refractivity contribution in [2.75, 3.05) is 25.6 Å². The number of alkyl halides is 3. The van der Waals surface area contributed by atoms with Gasteiger partial charge in [-0.15, -0.1) is 0 Å². The van der Waals surface area contributed by atoms with Crippen molar-refractivity contribution in [1.29, 1.82) is 0 Å². The highest BCUT2D eigenvalue weighted by Gasteiger charge is 2.33. The summed E-state index contributed by atoms with van der Waals surface area (Å²) in [6.07, 6.45) is -3.88. The van der Waals surface area contributed by atoms with E-state index < -0.39 is 17.2 Å². The van der Waals surface area contributed by atoms with Crippen LogP contribution in [0, 0.1) is 0 Å². The Balaban J connectivity index is 2.69. The van der Waals surface area contributed by atoms with Crippen LogP contribution in [0.5, 0.6) is 0 Å². The van der Waals surface area contributed by atoms with Gasteiger partial charge in [0.15, 0.2) is 5.69 Å². The number of methoxy groups -OCH3 is 1. The second kappa shape index (κ2) is 6.02. The van der Waals surface area contributed by atoms with Crippen molar-refractivity contribution < 1.29 is 17.9 Å². The lowest BCUT2D eigenvalue weighted by Gasteiger charge is -2.09. The number of hydrogen-bond donors (Lipinski definition) is 1. The molecule has 0 fully saturated rings. The molecule has 0 aliphatic rings. The van der Waals surface area contributed by atoms with Crippen LogP contribution < -0.4 is 5.32 Å². The van der Waals surface area contributed by atoms with Gasteiger partial charge in [-0.05, 0) is 18.0 Å². The summed E-state index contributed by atoms with van der Waals surface area (Å²) < 4.78 is 42.0. The number of nitrogens with one attached hydrogen (secondary N) is 1. The zero-order valence-electron chi connectivity index (χ0n) is 9.01. The Morgan fingerprint density at radius 2 is 2.12 bits per heavy atom. The molecule has 4 nitrogen and oxygen atoms in total. The first-order valence-corrected chi connectivity index (χ1v) is 5.16. The van der Waals surface area contributed by atoms with Gasteiger partial charge in [-0.1, -0.05) is 0 Å². The first-order valence-electron chi connectivity index (χ1n) is 4.78. The standard InChI is InChI=1S/C9H11ClF3N3O/c1-17-4-2-3-14-7-5-6(9(11,12)13)15-8(10)16-7/h5H,2-4H2,1H3,(H,14,15,16). The van der Waals surface area contributed by atoms with E-state index >= 15 is 0 Å². The monoisotopic (exact) mass is 269 g/mol. The van der Waals surface area contributed by atoms with Gasteiger partial charge in [-0.3, -0.25) is 0 Å². The van der Waals surface area contributed by atoms with Crippen LogP contribution in [0.3, 0.4) is 0 Å². The van der Waals surface area contributed by atoms with Gasteiger partial charge in [0.1, 0.15) is 5.82 Å². The van der Waals surface area contributed by atoms with Crippen molar-refractivity contribution in [2.24, 2.45) is 0 Å². The summed E-state index contributed by atoms with van der Waals surface area (Å²) in [4.78, 5) is 6.76. The Bertz CT molecular complexity index is 373. The molecule has 1 aromatic rings. The number of ether oxygens (including phenoxy) is 1. The molecule has 0 saturated carbocycles. The van der Waals surface area contributed by atoms with Crippen LogP contribution in [0.2, 0.25) is 5.28 Å². The fraction of sp³-hybridized carbons (Fsp3) is 0.556. The molecule has 0 unspecified atom stereocenters. The molecule has 1 rings (SSSR count). The lowest BCUT2D eigenvalue weighted by Crippen LogP contribution is -2.12. The van der Waals surface area contributed by atoms with E-state index in [-0.39, 0.29) is 5.82 Å². The molecule has 1 N–H and O–H groups in total. The number of halogens is 4. The van der Waals surface area contributed by atoms with Crippen LogP contribution in [0.15, 0.2) is 6.07 Å². The molecule has 1 heterocycles. The van der Waals surface area contributed by atoms with Crippen molar-refractivity contribution in [1.82, 2.24) is 9.97 Å². The quantitative estimate of drug-likeness (QED) is 0.659. The topological polar surface area (TPSA) is 47.0 Å². The molecule has 0 aliphatic heterocycles. The van der Waals surface area contributed by atoms with Crippen molar-refractivity contribution in [3.8, 4) is 0 Å². The first-order chi connectivity index (χ1) is 7.93. The van der Waals surface area contributed by atoms with E-state index in [4.69, 9.17) is 16.3 Å². The third-order valence-corrected chi connectivity index (χ3v) is 1.99. The van der Waals surface area contributed by atoms with Crippen LogP contribution in [0.4, 0.5) is 19.0 Å². The van der Waals surface area contributed by atoms with Gasteiger partial charge in [0, 0.05) is 26.3 Å². The van der Waals surface area contributed by atoms with Crippen molar-refractivity contribution in [3.05, 3.63) is 17.0 Å².